The molecule has 0 bridgehead atoms. The van der Waals surface area contributed by atoms with Crippen molar-refractivity contribution in [2.45, 2.75) is 6.04 Å². The lowest BCUT2D eigenvalue weighted by Gasteiger charge is -2.24. The van der Waals surface area contributed by atoms with Crippen LogP contribution in [-0.2, 0) is 9.59 Å². The molecule has 0 spiro atoms. The second-order valence-corrected chi connectivity index (χ2v) is 6.50. The van der Waals surface area contributed by atoms with Gasteiger partial charge in [-0.2, -0.15) is 0 Å². The number of carbonyl (C=O) groups is 2. The van der Waals surface area contributed by atoms with Crippen LogP contribution in [0.5, 0.6) is 5.75 Å². The second-order valence-electron chi connectivity index (χ2n) is 6.50. The summed E-state index contributed by atoms with van der Waals surface area (Å²) in [6.45, 7) is 0. The Morgan fingerprint density at radius 3 is 2.28 bits per heavy atom. The van der Waals surface area contributed by atoms with E-state index in [9.17, 15) is 14.7 Å². The number of hydrogen-bond acceptors (Lipinski definition) is 5. The first-order chi connectivity index (χ1) is 14.1. The van der Waals surface area contributed by atoms with Crippen LogP contribution in [0, 0.1) is 0 Å². The van der Waals surface area contributed by atoms with Gasteiger partial charge in [0, 0.05) is 11.8 Å². The van der Waals surface area contributed by atoms with Crippen LogP contribution in [0.1, 0.15) is 17.2 Å². The van der Waals surface area contributed by atoms with Gasteiger partial charge in [-0.3, -0.25) is 14.5 Å². The maximum Gasteiger partial charge on any atom is 0.301 e. The molecule has 6 nitrogen and oxygen atoms in total. The molecule has 4 rings (SSSR count). The number of Topliss-reactive ketones (excluding diaryl/α,β-unsaturated/α-hetero) is 1. The lowest BCUT2D eigenvalue weighted by molar-refractivity contribution is -0.132. The Balaban J connectivity index is 1.93. The van der Waals surface area contributed by atoms with Gasteiger partial charge in [-0.05, 0) is 29.8 Å². The first kappa shape index (κ1) is 18.4. The van der Waals surface area contributed by atoms with Gasteiger partial charge in [0.15, 0.2) is 0 Å². The predicted octanol–water partition coefficient (Wildman–Crippen LogP) is 3.72. The lowest BCUT2D eigenvalue weighted by atomic mass is 9.95. The molecule has 6 heteroatoms. The molecule has 1 saturated heterocycles. The van der Waals surface area contributed by atoms with Crippen LogP contribution in [-0.4, -0.2) is 28.9 Å². The SMILES string of the molecule is COc1ccc([C@@H]2C(=C(O)c3ccccc3)C(=O)C(=O)N2c2ccccn2)cc1. The summed E-state index contributed by atoms with van der Waals surface area (Å²) < 4.78 is 5.21. The smallest absolute Gasteiger partial charge is 0.301 e. The van der Waals surface area contributed by atoms with Crippen molar-refractivity contribution < 1.29 is 19.4 Å². The molecule has 29 heavy (non-hydrogen) atoms. The Kier molecular flexibility index (Phi) is 4.83. The van der Waals surface area contributed by atoms with E-state index in [1.54, 1.807) is 80.0 Å². The van der Waals surface area contributed by atoms with Crippen LogP contribution in [0.15, 0.2) is 84.6 Å². The Hall–Kier alpha value is -3.93. The first-order valence-electron chi connectivity index (χ1n) is 9.03. The average Bonchev–Trinajstić information content (AvgIpc) is 3.05. The fourth-order valence-electron chi connectivity index (χ4n) is 3.42. The van der Waals surface area contributed by atoms with Crippen molar-refractivity contribution in [3.8, 4) is 5.75 Å². The number of anilines is 1. The van der Waals surface area contributed by atoms with Crippen LogP contribution in [0.25, 0.3) is 5.76 Å². The molecular weight excluding hydrogens is 368 g/mol. The van der Waals surface area contributed by atoms with E-state index in [1.807, 2.05) is 6.07 Å². The van der Waals surface area contributed by atoms with Gasteiger partial charge in [0.25, 0.3) is 5.78 Å². The summed E-state index contributed by atoms with van der Waals surface area (Å²) in [4.78, 5) is 31.4. The molecule has 1 fully saturated rings. The van der Waals surface area contributed by atoms with Crippen molar-refractivity contribution in [3.63, 3.8) is 0 Å². The lowest BCUT2D eigenvalue weighted by Crippen LogP contribution is -2.30. The standard InChI is InChI=1S/C23H18N2O4/c1-29-17-12-10-15(11-13-17)20-19(21(26)16-7-3-2-4-8-16)22(27)23(28)25(20)18-9-5-6-14-24-18/h2-14,20,26H,1H3/t20-/m1/s1. The maximum absolute atomic E-state index is 12.9. The highest BCUT2D eigenvalue weighted by atomic mass is 16.5. The largest absolute Gasteiger partial charge is 0.507 e. The van der Waals surface area contributed by atoms with Crippen molar-refractivity contribution in [1.29, 1.82) is 0 Å². The van der Waals surface area contributed by atoms with Crippen LogP contribution >= 0.6 is 0 Å². The number of aliphatic hydroxyl groups is 1. The summed E-state index contributed by atoms with van der Waals surface area (Å²) in [5, 5.41) is 10.9. The minimum absolute atomic E-state index is 0.0250. The minimum Gasteiger partial charge on any atom is -0.507 e. The van der Waals surface area contributed by atoms with Gasteiger partial charge in [0.2, 0.25) is 0 Å². The molecule has 1 aliphatic rings. The highest BCUT2D eigenvalue weighted by Crippen LogP contribution is 2.41. The van der Waals surface area contributed by atoms with Gasteiger partial charge < -0.3 is 9.84 Å². The molecule has 2 heterocycles. The van der Waals surface area contributed by atoms with Gasteiger partial charge in [-0.25, -0.2) is 4.98 Å². The Morgan fingerprint density at radius 2 is 1.66 bits per heavy atom. The molecule has 1 atom stereocenters. The van der Waals surface area contributed by atoms with E-state index in [0.29, 0.717) is 22.7 Å². The van der Waals surface area contributed by atoms with E-state index in [2.05, 4.69) is 4.98 Å². The third-order valence-corrected chi connectivity index (χ3v) is 4.82. The molecule has 1 N–H and O–H groups in total. The number of aromatic nitrogens is 1. The van der Waals surface area contributed by atoms with Crippen LogP contribution in [0.3, 0.4) is 0 Å². The number of amides is 1. The molecule has 2 aromatic carbocycles. The number of hydrogen-bond donors (Lipinski definition) is 1. The third kappa shape index (κ3) is 3.25. The van der Waals surface area contributed by atoms with E-state index < -0.39 is 17.7 Å². The number of aliphatic hydroxyl groups excluding tert-OH is 1. The summed E-state index contributed by atoms with van der Waals surface area (Å²) >= 11 is 0. The zero-order valence-corrected chi connectivity index (χ0v) is 15.6. The number of rotatable bonds is 4. The third-order valence-electron chi connectivity index (χ3n) is 4.82. The number of benzene rings is 2. The summed E-state index contributed by atoms with van der Waals surface area (Å²) in [6.07, 6.45) is 1.55. The molecular formula is C23H18N2O4. The Morgan fingerprint density at radius 1 is 0.966 bits per heavy atom. The second kappa shape index (κ2) is 7.59. The van der Waals surface area contributed by atoms with Crippen LogP contribution < -0.4 is 9.64 Å². The molecule has 0 saturated carbocycles. The topological polar surface area (TPSA) is 79.7 Å². The zero-order valence-electron chi connectivity index (χ0n) is 15.6. The summed E-state index contributed by atoms with van der Waals surface area (Å²) in [7, 11) is 1.56. The number of methoxy groups -OCH3 is 1. The highest BCUT2D eigenvalue weighted by Gasteiger charge is 2.47. The molecule has 144 valence electrons. The van der Waals surface area contributed by atoms with Gasteiger partial charge in [-0.1, -0.05) is 48.5 Å². The van der Waals surface area contributed by atoms with Crippen molar-refractivity contribution in [2.24, 2.45) is 0 Å². The van der Waals surface area contributed by atoms with Gasteiger partial charge in [-0.15, -0.1) is 0 Å². The van der Waals surface area contributed by atoms with Crippen molar-refractivity contribution >= 4 is 23.3 Å². The molecule has 0 aliphatic carbocycles. The van der Waals surface area contributed by atoms with E-state index in [0.717, 1.165) is 0 Å². The highest BCUT2D eigenvalue weighted by molar-refractivity contribution is 6.51. The number of carbonyl (C=O) groups excluding carboxylic acids is 2. The first-order valence-corrected chi connectivity index (χ1v) is 9.03. The summed E-state index contributed by atoms with van der Waals surface area (Å²) in [5.74, 6) is -0.725. The molecule has 3 aromatic rings. The number of pyridine rings is 1. The zero-order chi connectivity index (χ0) is 20.4. The summed E-state index contributed by atoms with van der Waals surface area (Å²) in [6, 6.07) is 20.0. The molecule has 0 unspecified atom stereocenters. The van der Waals surface area contributed by atoms with Crippen molar-refractivity contribution in [3.05, 3.63) is 95.7 Å². The average molecular weight is 386 g/mol. The Labute approximate surface area is 167 Å². The predicted molar refractivity (Wildman–Crippen MR) is 108 cm³/mol. The van der Waals surface area contributed by atoms with Crippen LogP contribution in [0.4, 0.5) is 5.82 Å². The fourth-order valence-corrected chi connectivity index (χ4v) is 3.42. The normalized spacial score (nSPS) is 18.1. The fraction of sp³-hybridized carbons (Fsp3) is 0.0870. The van der Waals surface area contributed by atoms with Crippen molar-refractivity contribution in [1.82, 2.24) is 4.98 Å². The quantitative estimate of drug-likeness (QED) is 0.420. The number of ketones is 1. The van der Waals surface area contributed by atoms with E-state index in [4.69, 9.17) is 4.74 Å². The summed E-state index contributed by atoms with van der Waals surface area (Å²) in [5.41, 5.74) is 1.15. The monoisotopic (exact) mass is 386 g/mol. The van der Waals surface area contributed by atoms with E-state index >= 15 is 0 Å². The minimum atomic E-state index is -0.809. The molecule has 0 radical (unpaired) electrons. The molecule has 1 amide bonds. The Bertz CT molecular complexity index is 1080. The van der Waals surface area contributed by atoms with Crippen molar-refractivity contribution in [2.75, 3.05) is 12.0 Å². The number of nitrogens with zero attached hydrogens (tertiary/aromatic N) is 2. The van der Waals surface area contributed by atoms with E-state index in [-0.39, 0.29) is 11.3 Å². The van der Waals surface area contributed by atoms with Crippen LogP contribution in [0.2, 0.25) is 0 Å². The van der Waals surface area contributed by atoms with Gasteiger partial charge in [0.05, 0.1) is 18.7 Å². The maximum atomic E-state index is 12.9. The number of ether oxygens (including phenoxy) is 1. The van der Waals surface area contributed by atoms with Gasteiger partial charge in [0.1, 0.15) is 17.3 Å². The molecule has 1 aliphatic heterocycles. The van der Waals surface area contributed by atoms with E-state index in [1.165, 1.54) is 4.90 Å². The van der Waals surface area contributed by atoms with Gasteiger partial charge >= 0.3 is 5.91 Å². The molecule has 1 aromatic heterocycles.